The molecule has 0 amide bonds. The zero-order valence-corrected chi connectivity index (χ0v) is 53.2. The van der Waals surface area contributed by atoms with E-state index in [2.05, 4.69) is 13.8 Å². The fraction of sp³-hybridized carbons (Fsp3) is 0.885. The normalized spacial score (nSPS) is 38.5. The predicted octanol–water partition coefficient (Wildman–Crippen LogP) is 7.22. The fourth-order valence-electron chi connectivity index (χ4n) is 12.1. The van der Waals surface area contributed by atoms with E-state index in [1.165, 1.54) is 48.5 Å². The van der Waals surface area contributed by atoms with Gasteiger partial charge in [-0.1, -0.05) is 101 Å². The zero-order chi connectivity index (χ0) is 63.0. The summed E-state index contributed by atoms with van der Waals surface area (Å²) in [6, 6.07) is 0. The maximum absolute atomic E-state index is 13.5. The van der Waals surface area contributed by atoms with E-state index in [0.717, 1.165) is 38.5 Å². The Morgan fingerprint density at radius 1 is 0.306 bits per heavy atom. The van der Waals surface area contributed by atoms with Crippen LogP contribution in [0.25, 0.3) is 0 Å². The molecule has 5 heterocycles. The van der Waals surface area contributed by atoms with E-state index in [4.69, 9.17) is 80.5 Å². The molecule has 0 N–H and O–H groups in total. The van der Waals surface area contributed by atoms with Gasteiger partial charge >= 0.3 is 41.8 Å². The highest BCUT2D eigenvalue weighted by molar-refractivity contribution is 5.68. The minimum atomic E-state index is -1.66. The van der Waals surface area contributed by atoms with Gasteiger partial charge in [-0.15, -0.1) is 0 Å². The summed E-state index contributed by atoms with van der Waals surface area (Å²) in [6.45, 7) is 27.3. The number of carbonyl (C=O) groups is 7. The van der Waals surface area contributed by atoms with Gasteiger partial charge in [0.05, 0.1) is 12.2 Å². The molecule has 85 heavy (non-hydrogen) atoms. The summed E-state index contributed by atoms with van der Waals surface area (Å²) in [7, 11) is 0. The van der Waals surface area contributed by atoms with E-state index < -0.39 is 158 Å². The van der Waals surface area contributed by atoms with E-state index >= 15 is 0 Å². The van der Waals surface area contributed by atoms with Crippen molar-refractivity contribution in [1.82, 2.24) is 0 Å². The fourth-order valence-corrected chi connectivity index (χ4v) is 12.1. The molecule has 0 aromatic carbocycles. The second-order valence-corrected chi connectivity index (χ2v) is 23.8. The number of carbonyl (C=O) groups excluding carboxylic acids is 7. The zero-order valence-electron chi connectivity index (χ0n) is 53.2. The molecule has 5 saturated heterocycles. The van der Waals surface area contributed by atoms with Crippen LogP contribution in [0, 0.1) is 41.4 Å². The Morgan fingerprint density at radius 2 is 0.600 bits per heavy atom. The van der Waals surface area contributed by atoms with Crippen LogP contribution in [0.15, 0.2) is 0 Å². The lowest BCUT2D eigenvalue weighted by atomic mass is 9.82. The summed E-state index contributed by atoms with van der Waals surface area (Å²) in [5.41, 5.74) is 0. The first-order valence-corrected chi connectivity index (χ1v) is 30.8. The molecular weight excluding hydrogens is 1120 g/mol. The number of rotatable bonds is 28. The van der Waals surface area contributed by atoms with Crippen molar-refractivity contribution in [3.8, 4) is 0 Å². The molecule has 488 valence electrons. The minimum absolute atomic E-state index is 0.0227. The van der Waals surface area contributed by atoms with Gasteiger partial charge in [-0.05, 0) is 37.0 Å². The molecule has 24 nitrogen and oxygen atoms in total. The van der Waals surface area contributed by atoms with Gasteiger partial charge in [0, 0.05) is 78.7 Å². The van der Waals surface area contributed by atoms with Crippen LogP contribution < -0.4 is 0 Å². The number of ether oxygens (including phenoxy) is 17. The summed E-state index contributed by atoms with van der Waals surface area (Å²) in [6.07, 6.45) is -12.7. The third-order valence-electron chi connectivity index (χ3n) is 17.3. The van der Waals surface area contributed by atoms with Crippen LogP contribution in [0.5, 0.6) is 0 Å². The lowest BCUT2D eigenvalue weighted by molar-refractivity contribution is -0.386. The van der Waals surface area contributed by atoms with Crippen LogP contribution in [0.3, 0.4) is 0 Å². The Morgan fingerprint density at radius 3 is 0.941 bits per heavy atom. The molecule has 0 saturated carbocycles. The van der Waals surface area contributed by atoms with Gasteiger partial charge in [0.25, 0.3) is 0 Å². The summed E-state index contributed by atoms with van der Waals surface area (Å²) < 4.78 is 108. The first-order chi connectivity index (χ1) is 40.2. The minimum Gasteiger partial charge on any atom is -0.463 e. The smallest absolute Gasteiger partial charge is 0.303 e. The van der Waals surface area contributed by atoms with Crippen LogP contribution in [0.1, 0.15) is 169 Å². The third kappa shape index (κ3) is 19.9. The van der Waals surface area contributed by atoms with Crippen molar-refractivity contribution in [3.63, 3.8) is 0 Å². The van der Waals surface area contributed by atoms with E-state index in [0.29, 0.717) is 19.4 Å². The van der Waals surface area contributed by atoms with Crippen molar-refractivity contribution >= 4 is 41.8 Å². The topological polar surface area (TPSA) is 276 Å². The standard InChI is InChI=1S/C61H100O24/c1-18-21-22-23-24-25-26-69-57-52(32(6)30(4)44(19-2)77-57)85-61-56(76-43(17)68)51(36(10)48(81-61)29-72-39(13)64)84-60-55(75-42(16)67)50(35(9)47(80-60)28-71-38(12)63)83-59-54(74-41(15)66)49(34(8)46(79-59)27-70-37(11)62)82-58-53(73-40(14)65)33(7)31(5)45(20-3)78-58/h30-36,44-61H,18-29H2,1-17H3/t30-,31-,32+,33+,34+,35+,36+,44?,45?,46?,47?,48?,49+,50+,51+,52?,53?,54?,55?,56?,57-,58+,59+,60+,61+/m1/s1. The van der Waals surface area contributed by atoms with Crippen LogP contribution in [-0.4, -0.2) is 179 Å². The average Bonchev–Trinajstić information content (AvgIpc) is 2.30. The van der Waals surface area contributed by atoms with Crippen molar-refractivity contribution in [2.75, 3.05) is 26.4 Å². The first kappa shape index (κ1) is 71.6. The van der Waals surface area contributed by atoms with Crippen LogP contribution in [0.2, 0.25) is 0 Å². The summed E-state index contributed by atoms with van der Waals surface area (Å²) in [4.78, 5) is 90.2. The molecule has 5 rings (SSSR count). The Labute approximate surface area is 502 Å². The largest absolute Gasteiger partial charge is 0.463 e. The molecule has 0 aromatic rings. The van der Waals surface area contributed by atoms with Gasteiger partial charge in [-0.25, -0.2) is 0 Å². The van der Waals surface area contributed by atoms with E-state index in [1.807, 2.05) is 34.6 Å². The maximum Gasteiger partial charge on any atom is 0.303 e. The molecular formula is C61H100O24. The maximum atomic E-state index is 13.5. The van der Waals surface area contributed by atoms with Gasteiger partial charge in [-0.3, -0.25) is 33.6 Å². The van der Waals surface area contributed by atoms with E-state index in [-0.39, 0.29) is 55.7 Å². The van der Waals surface area contributed by atoms with E-state index in [1.54, 1.807) is 20.8 Å². The lowest BCUT2D eigenvalue weighted by Crippen LogP contribution is -2.66. The predicted molar refractivity (Wildman–Crippen MR) is 299 cm³/mol. The number of hydrogen-bond donors (Lipinski definition) is 0. The molecule has 24 heteroatoms. The number of hydrogen-bond acceptors (Lipinski definition) is 24. The van der Waals surface area contributed by atoms with Crippen molar-refractivity contribution in [2.24, 2.45) is 41.4 Å². The van der Waals surface area contributed by atoms with Crippen LogP contribution in [0.4, 0.5) is 0 Å². The van der Waals surface area contributed by atoms with Crippen molar-refractivity contribution < 1.29 is 114 Å². The molecule has 0 spiro atoms. The Balaban J connectivity index is 1.61. The number of unbranched alkanes of at least 4 members (excludes halogenated alkanes) is 5. The molecule has 10 unspecified atom stereocenters. The highest BCUT2D eigenvalue weighted by atomic mass is 16.8. The summed E-state index contributed by atoms with van der Waals surface area (Å²) in [5.74, 6) is -7.73. The Bertz CT molecular complexity index is 2140. The highest BCUT2D eigenvalue weighted by Crippen LogP contribution is 2.44. The lowest BCUT2D eigenvalue weighted by Gasteiger charge is -2.52. The van der Waals surface area contributed by atoms with Crippen LogP contribution in [-0.2, 0) is 114 Å². The summed E-state index contributed by atoms with van der Waals surface area (Å²) >= 11 is 0. The van der Waals surface area contributed by atoms with Gasteiger partial charge in [0.2, 0.25) is 0 Å². The first-order valence-electron chi connectivity index (χ1n) is 30.8. The molecule has 0 aromatic heterocycles. The van der Waals surface area contributed by atoms with Gasteiger partial charge in [0.1, 0.15) is 62.5 Å². The average molecular weight is 1220 g/mol. The molecule has 0 bridgehead atoms. The van der Waals surface area contributed by atoms with Crippen molar-refractivity contribution in [1.29, 1.82) is 0 Å². The number of esters is 7. The van der Waals surface area contributed by atoms with Gasteiger partial charge in [-0.2, -0.15) is 0 Å². The molecule has 5 aliphatic heterocycles. The molecule has 0 radical (unpaired) electrons. The molecule has 5 aliphatic rings. The second-order valence-electron chi connectivity index (χ2n) is 23.8. The quantitative estimate of drug-likeness (QED) is 0.0425. The Hall–Kier alpha value is -4.11. The molecule has 0 aliphatic carbocycles. The SMILES string of the molecule is CCCCCCCCO[C@@H]1OC(CC)[C@H](C)[C@H](C)C1O[C@@H]1OC(COC(C)=O)[C@H](C)[C@H](O[C@@H]2OC(COC(C)=O)[C@H](C)[C@H](O[C@@H]3OC(COC(C)=O)[C@H](C)[C@H](O[C@@H]4OC(CC)[C@H](C)[C@H](C)C4OC(C)=O)C3OC(C)=O)C2OC(C)=O)C1OC(C)=O. The second kappa shape index (κ2) is 34.0. The van der Waals surface area contributed by atoms with Gasteiger partial charge < -0.3 is 80.5 Å². The Kier molecular flexibility index (Phi) is 28.7. The highest BCUT2D eigenvalue weighted by Gasteiger charge is 2.58. The molecule has 5 fully saturated rings. The molecule has 25 atom stereocenters. The monoisotopic (exact) mass is 1220 g/mol. The van der Waals surface area contributed by atoms with Crippen molar-refractivity contribution in [3.05, 3.63) is 0 Å². The van der Waals surface area contributed by atoms with Crippen molar-refractivity contribution in [2.45, 2.75) is 280 Å². The summed E-state index contributed by atoms with van der Waals surface area (Å²) in [5, 5.41) is 0. The third-order valence-corrected chi connectivity index (χ3v) is 17.3. The van der Waals surface area contributed by atoms with Gasteiger partial charge in [0.15, 0.2) is 55.9 Å². The van der Waals surface area contributed by atoms with E-state index in [9.17, 15) is 33.6 Å². The van der Waals surface area contributed by atoms with Crippen LogP contribution >= 0.6 is 0 Å².